The standard InChI is InChI=1S/C17H22N4O3S2/c1-10(2)16-19-20-17(25-16)21-26(23,24)15-7-5-12-4-6-14(18-11(3)22)8-13(12)9-15/h5,7,9-10,14H,4,6,8H2,1-3H3,(H,18,22)(H,20,21)/t14-/m0/s1. The van der Waals surface area contributed by atoms with Crippen molar-refractivity contribution in [3.05, 3.63) is 34.3 Å². The van der Waals surface area contributed by atoms with Gasteiger partial charge in [-0.15, -0.1) is 10.2 Å². The Hall–Kier alpha value is -2.00. The minimum Gasteiger partial charge on any atom is -0.353 e. The molecule has 1 aromatic carbocycles. The van der Waals surface area contributed by atoms with Crippen LogP contribution in [0.3, 0.4) is 0 Å². The number of hydrogen-bond donors (Lipinski definition) is 2. The lowest BCUT2D eigenvalue weighted by molar-refractivity contribution is -0.119. The summed E-state index contributed by atoms with van der Waals surface area (Å²) in [4.78, 5) is 11.5. The number of fused-ring (bicyclic) bond motifs is 1. The predicted octanol–water partition coefficient (Wildman–Crippen LogP) is 2.46. The molecule has 2 N–H and O–H groups in total. The molecular formula is C17H22N4O3S2. The largest absolute Gasteiger partial charge is 0.353 e. The van der Waals surface area contributed by atoms with Gasteiger partial charge in [-0.05, 0) is 42.5 Å². The van der Waals surface area contributed by atoms with Gasteiger partial charge < -0.3 is 5.32 Å². The summed E-state index contributed by atoms with van der Waals surface area (Å²) in [7, 11) is -3.73. The van der Waals surface area contributed by atoms with Gasteiger partial charge in [0.05, 0.1) is 4.90 Å². The molecule has 1 aliphatic carbocycles. The van der Waals surface area contributed by atoms with E-state index in [1.807, 2.05) is 19.9 Å². The summed E-state index contributed by atoms with van der Waals surface area (Å²) in [5.74, 6) is 0.126. The number of nitrogens with zero attached hydrogens (tertiary/aromatic N) is 2. The third-order valence-electron chi connectivity index (χ3n) is 4.28. The minimum absolute atomic E-state index is 0.0441. The second-order valence-corrected chi connectivity index (χ2v) is 9.47. The molecule has 1 aliphatic rings. The molecule has 26 heavy (non-hydrogen) atoms. The summed E-state index contributed by atoms with van der Waals surface area (Å²) in [6.45, 7) is 5.45. The molecule has 3 rings (SSSR count). The van der Waals surface area contributed by atoms with Gasteiger partial charge in [0, 0.05) is 18.9 Å². The van der Waals surface area contributed by atoms with E-state index < -0.39 is 10.0 Å². The fraction of sp³-hybridized carbons (Fsp3) is 0.471. The van der Waals surface area contributed by atoms with Gasteiger partial charge >= 0.3 is 0 Å². The van der Waals surface area contributed by atoms with Crippen LogP contribution in [-0.4, -0.2) is 30.6 Å². The van der Waals surface area contributed by atoms with Gasteiger partial charge in [0.15, 0.2) is 0 Å². The second-order valence-electron chi connectivity index (χ2n) is 6.78. The molecule has 0 saturated carbocycles. The van der Waals surface area contributed by atoms with E-state index in [1.165, 1.54) is 18.3 Å². The molecule has 0 saturated heterocycles. The van der Waals surface area contributed by atoms with Crippen LogP contribution in [0.5, 0.6) is 0 Å². The van der Waals surface area contributed by atoms with Crippen LogP contribution in [-0.2, 0) is 27.7 Å². The third-order valence-corrected chi connectivity index (χ3v) is 6.89. The van der Waals surface area contributed by atoms with Crippen molar-refractivity contribution in [3.63, 3.8) is 0 Å². The highest BCUT2D eigenvalue weighted by Gasteiger charge is 2.23. The zero-order chi connectivity index (χ0) is 18.9. The molecule has 1 amide bonds. The zero-order valence-corrected chi connectivity index (χ0v) is 16.6. The van der Waals surface area contributed by atoms with Gasteiger partial charge in [-0.2, -0.15) is 0 Å². The molecule has 0 bridgehead atoms. The Morgan fingerprint density at radius 3 is 2.69 bits per heavy atom. The molecule has 1 aromatic heterocycles. The van der Waals surface area contributed by atoms with Gasteiger partial charge in [-0.3, -0.25) is 9.52 Å². The molecule has 1 atom stereocenters. The van der Waals surface area contributed by atoms with E-state index in [1.54, 1.807) is 12.1 Å². The minimum atomic E-state index is -3.73. The average molecular weight is 395 g/mol. The van der Waals surface area contributed by atoms with Crippen molar-refractivity contribution in [2.24, 2.45) is 0 Å². The molecule has 0 fully saturated rings. The van der Waals surface area contributed by atoms with Gasteiger partial charge in [-0.1, -0.05) is 31.3 Å². The SMILES string of the molecule is CC(=O)N[C@H]1CCc2ccc(S(=O)(=O)Nc3nnc(C(C)C)s3)cc2C1. The number of amides is 1. The van der Waals surface area contributed by atoms with Crippen molar-refractivity contribution in [3.8, 4) is 0 Å². The van der Waals surface area contributed by atoms with E-state index in [4.69, 9.17) is 0 Å². The van der Waals surface area contributed by atoms with E-state index in [0.717, 1.165) is 29.0 Å². The topological polar surface area (TPSA) is 101 Å². The Morgan fingerprint density at radius 2 is 2.04 bits per heavy atom. The Morgan fingerprint density at radius 1 is 1.27 bits per heavy atom. The fourth-order valence-electron chi connectivity index (χ4n) is 2.99. The number of benzene rings is 1. The third kappa shape index (κ3) is 4.21. The Labute approximate surface area is 157 Å². The molecule has 140 valence electrons. The van der Waals surface area contributed by atoms with E-state index >= 15 is 0 Å². The van der Waals surface area contributed by atoms with Crippen LogP contribution in [0, 0.1) is 0 Å². The van der Waals surface area contributed by atoms with Crippen LogP contribution >= 0.6 is 11.3 Å². The lowest BCUT2D eigenvalue weighted by Crippen LogP contribution is -2.37. The normalized spacial score (nSPS) is 17.0. The van der Waals surface area contributed by atoms with Crippen LogP contribution in [0.15, 0.2) is 23.1 Å². The lowest BCUT2D eigenvalue weighted by Gasteiger charge is -2.25. The van der Waals surface area contributed by atoms with Crippen LogP contribution in [0.25, 0.3) is 0 Å². The first-order valence-electron chi connectivity index (χ1n) is 8.49. The van der Waals surface area contributed by atoms with E-state index in [9.17, 15) is 13.2 Å². The zero-order valence-electron chi connectivity index (χ0n) is 14.9. The van der Waals surface area contributed by atoms with E-state index in [-0.39, 0.29) is 27.9 Å². The maximum Gasteiger partial charge on any atom is 0.263 e. The summed E-state index contributed by atoms with van der Waals surface area (Å²) in [5.41, 5.74) is 2.08. The van der Waals surface area contributed by atoms with Crippen LogP contribution in [0.2, 0.25) is 0 Å². The molecular weight excluding hydrogens is 372 g/mol. The lowest BCUT2D eigenvalue weighted by atomic mass is 9.88. The number of carbonyl (C=O) groups excluding carboxylic acids is 1. The molecule has 0 spiro atoms. The highest BCUT2D eigenvalue weighted by molar-refractivity contribution is 7.93. The second kappa shape index (κ2) is 7.32. The van der Waals surface area contributed by atoms with Gasteiger partial charge in [0.1, 0.15) is 5.01 Å². The number of anilines is 1. The van der Waals surface area contributed by atoms with Crippen molar-refractivity contribution >= 4 is 32.4 Å². The average Bonchev–Trinajstić information content (AvgIpc) is 3.01. The number of aromatic nitrogens is 2. The predicted molar refractivity (Wildman–Crippen MR) is 101 cm³/mol. The molecule has 0 aliphatic heterocycles. The van der Waals surface area contributed by atoms with Crippen molar-refractivity contribution in [2.75, 3.05) is 4.72 Å². The summed E-state index contributed by atoms with van der Waals surface area (Å²) < 4.78 is 27.9. The Bertz CT molecular complexity index is 922. The van der Waals surface area contributed by atoms with Gasteiger partial charge in [0.2, 0.25) is 11.0 Å². The summed E-state index contributed by atoms with van der Waals surface area (Å²) in [6.07, 6.45) is 2.32. The van der Waals surface area contributed by atoms with Crippen molar-refractivity contribution < 1.29 is 13.2 Å². The highest BCUT2D eigenvalue weighted by atomic mass is 32.2. The van der Waals surface area contributed by atoms with Crippen molar-refractivity contribution in [1.82, 2.24) is 15.5 Å². The molecule has 1 heterocycles. The fourth-order valence-corrected chi connectivity index (χ4v) is 5.02. The number of carbonyl (C=O) groups is 1. The van der Waals surface area contributed by atoms with Crippen LogP contribution in [0.4, 0.5) is 5.13 Å². The highest BCUT2D eigenvalue weighted by Crippen LogP contribution is 2.27. The van der Waals surface area contributed by atoms with Crippen molar-refractivity contribution in [1.29, 1.82) is 0 Å². The number of nitrogens with one attached hydrogen (secondary N) is 2. The number of hydrogen-bond acceptors (Lipinski definition) is 6. The Balaban J connectivity index is 1.81. The molecule has 0 unspecified atom stereocenters. The maximum absolute atomic E-state index is 12.7. The quantitative estimate of drug-likeness (QED) is 0.811. The number of rotatable bonds is 5. The summed E-state index contributed by atoms with van der Waals surface area (Å²) >= 11 is 1.24. The molecule has 0 radical (unpaired) electrons. The first-order valence-corrected chi connectivity index (χ1v) is 10.8. The first kappa shape index (κ1) is 18.8. The maximum atomic E-state index is 12.7. The smallest absolute Gasteiger partial charge is 0.263 e. The number of sulfonamides is 1. The number of aryl methyl sites for hydroxylation is 1. The summed E-state index contributed by atoms with van der Waals surface area (Å²) in [5, 5.41) is 11.9. The first-order chi connectivity index (χ1) is 12.2. The van der Waals surface area contributed by atoms with Crippen LogP contribution in [0.1, 0.15) is 49.2 Å². The van der Waals surface area contributed by atoms with Gasteiger partial charge in [-0.25, -0.2) is 8.42 Å². The molecule has 9 heteroatoms. The van der Waals surface area contributed by atoms with Crippen molar-refractivity contribution in [2.45, 2.75) is 56.9 Å². The van der Waals surface area contributed by atoms with E-state index in [0.29, 0.717) is 6.42 Å². The summed E-state index contributed by atoms with van der Waals surface area (Å²) in [6, 6.07) is 5.20. The van der Waals surface area contributed by atoms with Crippen LogP contribution < -0.4 is 10.0 Å². The monoisotopic (exact) mass is 394 g/mol. The molecule has 7 nitrogen and oxygen atoms in total. The molecule has 2 aromatic rings. The Kier molecular flexibility index (Phi) is 5.29. The van der Waals surface area contributed by atoms with Gasteiger partial charge in [0.25, 0.3) is 10.0 Å². The van der Waals surface area contributed by atoms with E-state index in [2.05, 4.69) is 20.2 Å².